The van der Waals surface area contributed by atoms with Crippen LogP contribution in [0.3, 0.4) is 0 Å². The van der Waals surface area contributed by atoms with Crippen LogP contribution in [0.2, 0.25) is 0 Å². The molecule has 1 saturated heterocycles. The summed E-state index contributed by atoms with van der Waals surface area (Å²) in [6, 6.07) is 2.20. The fourth-order valence-electron chi connectivity index (χ4n) is 3.56. The molecule has 0 radical (unpaired) electrons. The van der Waals surface area contributed by atoms with E-state index in [2.05, 4.69) is 28.3 Å². The standard InChI is InChI=1S/C15H21N3O/c1-18-3-2-14-11(8-18)4-12(7-17-14)19-13-5-15(6-13)9-16-10-15/h4,7,13,16H,2-3,5-6,8-10H2,1H3. The van der Waals surface area contributed by atoms with Crippen LogP contribution in [0.1, 0.15) is 24.1 Å². The molecule has 4 rings (SSSR count). The maximum Gasteiger partial charge on any atom is 0.138 e. The van der Waals surface area contributed by atoms with Gasteiger partial charge in [0.1, 0.15) is 11.9 Å². The summed E-state index contributed by atoms with van der Waals surface area (Å²) >= 11 is 0. The van der Waals surface area contributed by atoms with Crippen molar-refractivity contribution >= 4 is 0 Å². The lowest BCUT2D eigenvalue weighted by Crippen LogP contribution is -2.62. The predicted molar refractivity (Wildman–Crippen MR) is 73.2 cm³/mol. The number of pyridine rings is 1. The van der Waals surface area contributed by atoms with E-state index in [0.717, 1.165) is 25.3 Å². The fraction of sp³-hybridized carbons (Fsp3) is 0.667. The molecule has 1 saturated carbocycles. The van der Waals surface area contributed by atoms with Gasteiger partial charge in [-0.2, -0.15) is 0 Å². The van der Waals surface area contributed by atoms with Crippen LogP contribution in [-0.2, 0) is 13.0 Å². The van der Waals surface area contributed by atoms with Crippen molar-refractivity contribution < 1.29 is 4.74 Å². The number of fused-ring (bicyclic) bond motifs is 1. The maximum atomic E-state index is 6.07. The highest BCUT2D eigenvalue weighted by Gasteiger charge is 2.49. The van der Waals surface area contributed by atoms with E-state index in [0.29, 0.717) is 11.5 Å². The Bertz CT molecular complexity index is 490. The van der Waals surface area contributed by atoms with Gasteiger partial charge < -0.3 is 15.0 Å². The molecule has 1 spiro atoms. The van der Waals surface area contributed by atoms with Gasteiger partial charge in [0.15, 0.2) is 0 Å². The van der Waals surface area contributed by atoms with Crippen molar-refractivity contribution in [2.45, 2.75) is 31.9 Å². The minimum atomic E-state index is 0.406. The lowest BCUT2D eigenvalue weighted by molar-refractivity contribution is -0.0497. The highest BCUT2D eigenvalue weighted by molar-refractivity contribution is 5.31. The second-order valence-electron chi connectivity index (χ2n) is 6.52. The second-order valence-corrected chi connectivity index (χ2v) is 6.52. The molecule has 1 aromatic heterocycles. The quantitative estimate of drug-likeness (QED) is 0.866. The Morgan fingerprint density at radius 3 is 3.00 bits per heavy atom. The van der Waals surface area contributed by atoms with Gasteiger partial charge in [-0.25, -0.2) is 0 Å². The number of rotatable bonds is 2. The van der Waals surface area contributed by atoms with Crippen LogP contribution in [-0.4, -0.2) is 42.7 Å². The predicted octanol–water partition coefficient (Wildman–Crippen LogP) is 1.20. The van der Waals surface area contributed by atoms with Crippen molar-refractivity contribution in [3.05, 3.63) is 23.5 Å². The number of aromatic nitrogens is 1. The van der Waals surface area contributed by atoms with E-state index in [1.54, 1.807) is 0 Å². The summed E-state index contributed by atoms with van der Waals surface area (Å²) in [6.45, 7) is 4.47. The normalized spacial score (nSPS) is 25.5. The zero-order valence-electron chi connectivity index (χ0n) is 11.5. The number of hydrogen-bond acceptors (Lipinski definition) is 4. The monoisotopic (exact) mass is 259 g/mol. The Hall–Kier alpha value is -1.13. The average molecular weight is 259 g/mol. The number of likely N-dealkylation sites (N-methyl/N-ethyl adjacent to an activating group) is 1. The SMILES string of the molecule is CN1CCc2ncc(OC3CC4(CNC4)C3)cc2C1. The van der Waals surface area contributed by atoms with Crippen LogP contribution in [0.15, 0.2) is 12.3 Å². The Labute approximate surface area is 114 Å². The largest absolute Gasteiger partial charge is 0.489 e. The molecule has 102 valence electrons. The zero-order chi connectivity index (χ0) is 12.9. The van der Waals surface area contributed by atoms with Gasteiger partial charge in [0, 0.05) is 43.7 Å². The van der Waals surface area contributed by atoms with Crippen molar-refractivity contribution in [1.82, 2.24) is 15.2 Å². The molecule has 3 aliphatic rings. The summed E-state index contributed by atoms with van der Waals surface area (Å²) in [6.07, 6.45) is 5.79. The number of nitrogens with zero attached hydrogens (tertiary/aromatic N) is 2. The molecular weight excluding hydrogens is 238 g/mol. The first kappa shape index (κ1) is 11.7. The molecule has 0 atom stereocenters. The molecule has 3 heterocycles. The molecule has 2 fully saturated rings. The van der Waals surface area contributed by atoms with E-state index < -0.39 is 0 Å². The Morgan fingerprint density at radius 2 is 2.26 bits per heavy atom. The fourth-order valence-corrected chi connectivity index (χ4v) is 3.56. The lowest BCUT2D eigenvalue weighted by atomic mass is 9.63. The molecule has 4 heteroatoms. The van der Waals surface area contributed by atoms with Crippen molar-refractivity contribution in [2.24, 2.45) is 5.41 Å². The molecule has 4 nitrogen and oxygen atoms in total. The summed E-state index contributed by atoms with van der Waals surface area (Å²) < 4.78 is 6.07. The molecule has 0 bridgehead atoms. The molecule has 1 aromatic rings. The summed E-state index contributed by atoms with van der Waals surface area (Å²) in [7, 11) is 2.16. The summed E-state index contributed by atoms with van der Waals surface area (Å²) in [4.78, 5) is 6.91. The van der Waals surface area contributed by atoms with Crippen LogP contribution < -0.4 is 10.1 Å². The van der Waals surface area contributed by atoms with E-state index in [9.17, 15) is 0 Å². The Balaban J connectivity index is 1.43. The smallest absolute Gasteiger partial charge is 0.138 e. The number of ether oxygens (including phenoxy) is 1. The number of hydrogen-bond donors (Lipinski definition) is 1. The molecule has 19 heavy (non-hydrogen) atoms. The first-order valence-electron chi connectivity index (χ1n) is 7.26. The molecule has 0 aromatic carbocycles. The summed E-state index contributed by atoms with van der Waals surface area (Å²) in [5.74, 6) is 0.959. The average Bonchev–Trinajstić information content (AvgIpc) is 2.30. The van der Waals surface area contributed by atoms with Gasteiger partial charge >= 0.3 is 0 Å². The van der Waals surface area contributed by atoms with Gasteiger partial charge in [-0.1, -0.05) is 0 Å². The Kier molecular flexibility index (Phi) is 2.57. The van der Waals surface area contributed by atoms with Gasteiger partial charge in [-0.3, -0.25) is 4.98 Å². The minimum Gasteiger partial charge on any atom is -0.489 e. The third-order valence-corrected chi connectivity index (χ3v) is 4.83. The van der Waals surface area contributed by atoms with Crippen LogP contribution in [0.5, 0.6) is 5.75 Å². The highest BCUT2D eigenvalue weighted by atomic mass is 16.5. The minimum absolute atomic E-state index is 0.406. The van der Waals surface area contributed by atoms with Crippen LogP contribution in [0, 0.1) is 5.41 Å². The van der Waals surface area contributed by atoms with Crippen molar-refractivity contribution in [3.63, 3.8) is 0 Å². The van der Waals surface area contributed by atoms with Crippen molar-refractivity contribution in [2.75, 3.05) is 26.7 Å². The third kappa shape index (κ3) is 2.03. The van der Waals surface area contributed by atoms with Gasteiger partial charge in [0.2, 0.25) is 0 Å². The number of nitrogens with one attached hydrogen (secondary N) is 1. The van der Waals surface area contributed by atoms with Crippen molar-refractivity contribution in [1.29, 1.82) is 0 Å². The lowest BCUT2D eigenvalue weighted by Gasteiger charge is -2.53. The first-order chi connectivity index (χ1) is 9.22. The van der Waals surface area contributed by atoms with Crippen LogP contribution in [0.4, 0.5) is 0 Å². The summed E-state index contributed by atoms with van der Waals surface area (Å²) in [5, 5.41) is 3.36. The van der Waals surface area contributed by atoms with Crippen LogP contribution >= 0.6 is 0 Å². The van der Waals surface area contributed by atoms with Gasteiger partial charge in [0.25, 0.3) is 0 Å². The maximum absolute atomic E-state index is 6.07. The highest BCUT2D eigenvalue weighted by Crippen LogP contribution is 2.45. The van der Waals surface area contributed by atoms with Crippen LogP contribution in [0.25, 0.3) is 0 Å². The molecule has 2 aliphatic heterocycles. The van der Waals surface area contributed by atoms with Gasteiger partial charge in [0.05, 0.1) is 6.20 Å². The van der Waals surface area contributed by atoms with E-state index >= 15 is 0 Å². The molecule has 0 amide bonds. The topological polar surface area (TPSA) is 37.4 Å². The second kappa shape index (κ2) is 4.18. The van der Waals surface area contributed by atoms with E-state index in [4.69, 9.17) is 4.74 Å². The molecule has 1 aliphatic carbocycles. The van der Waals surface area contributed by atoms with Gasteiger partial charge in [-0.05, 0) is 31.5 Å². The first-order valence-corrected chi connectivity index (χ1v) is 7.26. The third-order valence-electron chi connectivity index (χ3n) is 4.83. The van der Waals surface area contributed by atoms with E-state index in [1.807, 2.05) is 6.20 Å². The van der Waals surface area contributed by atoms with E-state index in [1.165, 1.54) is 37.2 Å². The van der Waals surface area contributed by atoms with E-state index in [-0.39, 0.29) is 0 Å². The van der Waals surface area contributed by atoms with Gasteiger partial charge in [-0.15, -0.1) is 0 Å². The zero-order valence-corrected chi connectivity index (χ0v) is 11.5. The Morgan fingerprint density at radius 1 is 1.42 bits per heavy atom. The molecular formula is C15H21N3O. The molecule has 0 unspecified atom stereocenters. The molecule has 1 N–H and O–H groups in total. The van der Waals surface area contributed by atoms with Crippen molar-refractivity contribution in [3.8, 4) is 5.75 Å². The summed E-state index contributed by atoms with van der Waals surface area (Å²) in [5.41, 5.74) is 3.16.